The lowest BCUT2D eigenvalue weighted by Gasteiger charge is -2.20. The molecule has 1 rings (SSSR count). The normalized spacial score (nSPS) is 10.6. The van der Waals surface area contributed by atoms with Crippen LogP contribution in [0.3, 0.4) is 0 Å². The Morgan fingerprint density at radius 2 is 1.89 bits per heavy atom. The zero-order chi connectivity index (χ0) is 13.7. The maximum Gasteiger partial charge on any atom is 0.321 e. The maximum atomic E-state index is 11.9. The lowest BCUT2D eigenvalue weighted by atomic mass is 10.3. The third kappa shape index (κ3) is 4.72. The van der Waals surface area contributed by atoms with E-state index < -0.39 is 0 Å². The SMILES string of the molecule is CN(C)CCN(C)C(=O)Nc1ccc(Cl)cc1Cl. The molecule has 0 heterocycles. The summed E-state index contributed by atoms with van der Waals surface area (Å²) in [4.78, 5) is 15.5. The average molecular weight is 290 g/mol. The summed E-state index contributed by atoms with van der Waals surface area (Å²) in [5.74, 6) is 0. The maximum absolute atomic E-state index is 11.9. The van der Waals surface area contributed by atoms with Crippen LogP contribution in [-0.2, 0) is 0 Å². The summed E-state index contributed by atoms with van der Waals surface area (Å²) in [6.07, 6.45) is 0. The van der Waals surface area contributed by atoms with E-state index in [4.69, 9.17) is 23.2 Å². The summed E-state index contributed by atoms with van der Waals surface area (Å²) >= 11 is 11.8. The van der Waals surface area contributed by atoms with Gasteiger partial charge in [-0.15, -0.1) is 0 Å². The Kier molecular flexibility index (Phi) is 5.72. The number of halogens is 2. The minimum Gasteiger partial charge on any atom is -0.326 e. The van der Waals surface area contributed by atoms with Crippen molar-refractivity contribution in [3.63, 3.8) is 0 Å². The van der Waals surface area contributed by atoms with Gasteiger partial charge in [0.05, 0.1) is 10.7 Å². The van der Waals surface area contributed by atoms with Gasteiger partial charge in [-0.1, -0.05) is 23.2 Å². The highest BCUT2D eigenvalue weighted by atomic mass is 35.5. The van der Waals surface area contributed by atoms with E-state index in [0.717, 1.165) is 6.54 Å². The summed E-state index contributed by atoms with van der Waals surface area (Å²) in [5, 5.41) is 3.71. The number of carbonyl (C=O) groups excluding carboxylic acids is 1. The molecule has 0 spiro atoms. The van der Waals surface area contributed by atoms with E-state index in [1.807, 2.05) is 19.0 Å². The van der Waals surface area contributed by atoms with Gasteiger partial charge in [0, 0.05) is 25.2 Å². The van der Waals surface area contributed by atoms with Crippen LogP contribution in [0.1, 0.15) is 0 Å². The Labute approximate surface area is 117 Å². The summed E-state index contributed by atoms with van der Waals surface area (Å²) in [6.45, 7) is 1.45. The Balaban J connectivity index is 2.58. The highest BCUT2D eigenvalue weighted by Gasteiger charge is 2.10. The second-order valence-corrected chi connectivity index (χ2v) is 5.12. The highest BCUT2D eigenvalue weighted by Crippen LogP contribution is 2.25. The number of nitrogens with one attached hydrogen (secondary N) is 1. The van der Waals surface area contributed by atoms with Crippen molar-refractivity contribution in [2.45, 2.75) is 0 Å². The number of anilines is 1. The second kappa shape index (κ2) is 6.83. The number of urea groups is 1. The molecule has 18 heavy (non-hydrogen) atoms. The van der Waals surface area contributed by atoms with E-state index in [1.165, 1.54) is 0 Å². The van der Waals surface area contributed by atoms with Gasteiger partial charge in [0.15, 0.2) is 0 Å². The van der Waals surface area contributed by atoms with Crippen LogP contribution in [0.15, 0.2) is 18.2 Å². The van der Waals surface area contributed by atoms with Crippen molar-refractivity contribution in [1.82, 2.24) is 9.80 Å². The molecule has 0 bridgehead atoms. The van der Waals surface area contributed by atoms with Crippen LogP contribution in [0, 0.1) is 0 Å². The number of carbonyl (C=O) groups is 1. The minimum atomic E-state index is -0.193. The number of hydrogen-bond acceptors (Lipinski definition) is 2. The second-order valence-electron chi connectivity index (χ2n) is 4.28. The van der Waals surface area contributed by atoms with Crippen LogP contribution in [-0.4, -0.2) is 50.1 Å². The quantitative estimate of drug-likeness (QED) is 0.925. The molecule has 4 nitrogen and oxygen atoms in total. The summed E-state index contributed by atoms with van der Waals surface area (Å²) in [7, 11) is 5.66. The van der Waals surface area contributed by atoms with E-state index in [-0.39, 0.29) is 6.03 Å². The Morgan fingerprint density at radius 1 is 1.22 bits per heavy atom. The third-order valence-corrected chi connectivity index (χ3v) is 2.95. The van der Waals surface area contributed by atoms with E-state index in [2.05, 4.69) is 5.32 Å². The van der Waals surface area contributed by atoms with Crippen molar-refractivity contribution in [3.05, 3.63) is 28.2 Å². The van der Waals surface area contributed by atoms with Gasteiger partial charge in [-0.05, 0) is 32.3 Å². The van der Waals surface area contributed by atoms with E-state index in [1.54, 1.807) is 30.1 Å². The van der Waals surface area contributed by atoms with Crippen molar-refractivity contribution in [3.8, 4) is 0 Å². The van der Waals surface area contributed by atoms with Gasteiger partial charge in [-0.2, -0.15) is 0 Å². The molecular weight excluding hydrogens is 273 g/mol. The van der Waals surface area contributed by atoms with Gasteiger partial charge < -0.3 is 15.1 Å². The van der Waals surface area contributed by atoms with Crippen LogP contribution in [0.2, 0.25) is 10.0 Å². The molecule has 6 heteroatoms. The third-order valence-electron chi connectivity index (χ3n) is 2.40. The highest BCUT2D eigenvalue weighted by molar-refractivity contribution is 6.36. The van der Waals surface area contributed by atoms with Crippen LogP contribution < -0.4 is 5.32 Å². The van der Waals surface area contributed by atoms with Gasteiger partial charge in [-0.25, -0.2) is 4.79 Å². The molecule has 2 amide bonds. The largest absolute Gasteiger partial charge is 0.326 e. The minimum absolute atomic E-state index is 0.193. The molecule has 1 aromatic rings. The van der Waals surface area contributed by atoms with Crippen LogP contribution in [0.4, 0.5) is 10.5 Å². The zero-order valence-electron chi connectivity index (χ0n) is 10.7. The molecule has 0 atom stereocenters. The standard InChI is InChI=1S/C12H17Cl2N3O/c1-16(2)6-7-17(3)12(18)15-11-5-4-9(13)8-10(11)14/h4-5,8H,6-7H2,1-3H3,(H,15,18). The Hall–Kier alpha value is -0.970. The molecule has 1 aromatic carbocycles. The first-order chi connectivity index (χ1) is 8.40. The van der Waals surface area contributed by atoms with Gasteiger partial charge in [0.1, 0.15) is 0 Å². The lowest BCUT2D eigenvalue weighted by molar-refractivity contribution is 0.217. The average Bonchev–Trinajstić information content (AvgIpc) is 2.29. The number of benzene rings is 1. The molecule has 0 unspecified atom stereocenters. The smallest absolute Gasteiger partial charge is 0.321 e. The summed E-state index contributed by atoms with van der Waals surface area (Å²) in [6, 6.07) is 4.77. The number of nitrogens with zero attached hydrogens (tertiary/aromatic N) is 2. The van der Waals surface area contributed by atoms with Gasteiger partial charge in [0.25, 0.3) is 0 Å². The Bertz CT molecular complexity index is 424. The predicted molar refractivity (Wildman–Crippen MR) is 76.7 cm³/mol. The number of hydrogen-bond donors (Lipinski definition) is 1. The molecule has 100 valence electrons. The van der Waals surface area contributed by atoms with Crippen molar-refractivity contribution in [1.29, 1.82) is 0 Å². The first-order valence-electron chi connectivity index (χ1n) is 5.52. The molecule has 0 saturated heterocycles. The van der Waals surface area contributed by atoms with Crippen molar-refractivity contribution in [2.24, 2.45) is 0 Å². The number of amides is 2. The predicted octanol–water partition coefficient (Wildman–Crippen LogP) is 3.02. The van der Waals surface area contributed by atoms with Crippen LogP contribution >= 0.6 is 23.2 Å². The van der Waals surface area contributed by atoms with E-state index >= 15 is 0 Å². The molecule has 0 saturated carbocycles. The molecule has 0 aliphatic rings. The monoisotopic (exact) mass is 289 g/mol. The fraction of sp³-hybridized carbons (Fsp3) is 0.417. The zero-order valence-corrected chi connectivity index (χ0v) is 12.2. The van der Waals surface area contributed by atoms with Gasteiger partial charge in [-0.3, -0.25) is 0 Å². The molecule has 0 radical (unpaired) electrons. The first kappa shape index (κ1) is 15.1. The topological polar surface area (TPSA) is 35.6 Å². The van der Waals surface area contributed by atoms with Crippen molar-refractivity contribution >= 4 is 34.9 Å². The van der Waals surface area contributed by atoms with Crippen LogP contribution in [0.25, 0.3) is 0 Å². The molecule has 0 aliphatic carbocycles. The fourth-order valence-electron chi connectivity index (χ4n) is 1.25. The fourth-order valence-corrected chi connectivity index (χ4v) is 1.71. The first-order valence-corrected chi connectivity index (χ1v) is 6.27. The van der Waals surface area contributed by atoms with E-state index in [9.17, 15) is 4.79 Å². The molecule has 0 aliphatic heterocycles. The summed E-state index contributed by atoms with van der Waals surface area (Å²) in [5.41, 5.74) is 0.558. The Morgan fingerprint density at radius 3 is 2.44 bits per heavy atom. The summed E-state index contributed by atoms with van der Waals surface area (Å²) < 4.78 is 0. The number of likely N-dealkylation sites (N-methyl/N-ethyl adjacent to an activating group) is 2. The molecular formula is C12H17Cl2N3O. The van der Waals surface area contributed by atoms with Gasteiger partial charge >= 0.3 is 6.03 Å². The lowest BCUT2D eigenvalue weighted by Crippen LogP contribution is -2.36. The molecule has 0 fully saturated rings. The van der Waals surface area contributed by atoms with E-state index in [0.29, 0.717) is 22.3 Å². The number of rotatable bonds is 4. The van der Waals surface area contributed by atoms with Crippen LogP contribution in [0.5, 0.6) is 0 Å². The molecule has 1 N–H and O–H groups in total. The van der Waals surface area contributed by atoms with Crippen molar-refractivity contribution < 1.29 is 4.79 Å². The molecule has 0 aromatic heterocycles. The van der Waals surface area contributed by atoms with Gasteiger partial charge in [0.2, 0.25) is 0 Å². The van der Waals surface area contributed by atoms with Crippen molar-refractivity contribution in [2.75, 3.05) is 39.5 Å².